The molecule has 0 radical (unpaired) electrons. The van der Waals surface area contributed by atoms with Crippen LogP contribution in [0.3, 0.4) is 0 Å². The van der Waals surface area contributed by atoms with Crippen LogP contribution in [0, 0.1) is 16.0 Å². The Morgan fingerprint density at radius 1 is 1.45 bits per heavy atom. The van der Waals surface area contributed by atoms with Gasteiger partial charge in [-0.1, -0.05) is 17.3 Å². The van der Waals surface area contributed by atoms with Crippen LogP contribution in [0.2, 0.25) is 0 Å². The lowest BCUT2D eigenvalue weighted by Gasteiger charge is -1.97. The Hall–Kier alpha value is -2.28. The van der Waals surface area contributed by atoms with Crippen molar-refractivity contribution < 1.29 is 9.45 Å². The summed E-state index contributed by atoms with van der Waals surface area (Å²) in [6.07, 6.45) is 2.57. The monoisotopic (exact) mass is 274 g/mol. The summed E-state index contributed by atoms with van der Waals surface area (Å²) in [4.78, 5) is 14.5. The summed E-state index contributed by atoms with van der Waals surface area (Å²) in [5, 5.41) is 17.8. The Labute approximate surface area is 115 Å². The van der Waals surface area contributed by atoms with Gasteiger partial charge in [-0.2, -0.15) is 4.98 Å². The molecule has 1 aromatic carbocycles. The Morgan fingerprint density at radius 2 is 2.30 bits per heavy atom. The maximum atomic E-state index is 10.7. The number of non-ortho nitro benzene ring substituents is 1. The van der Waals surface area contributed by atoms with Crippen molar-refractivity contribution in [2.45, 2.75) is 19.4 Å². The van der Waals surface area contributed by atoms with E-state index < -0.39 is 4.92 Å². The Morgan fingerprint density at radius 3 is 3.05 bits per heavy atom. The van der Waals surface area contributed by atoms with E-state index in [-0.39, 0.29) is 5.69 Å². The molecule has 2 aromatic rings. The van der Waals surface area contributed by atoms with Gasteiger partial charge in [-0.15, -0.1) is 0 Å². The lowest BCUT2D eigenvalue weighted by atomic mass is 10.2. The highest BCUT2D eigenvalue weighted by atomic mass is 16.6. The van der Waals surface area contributed by atoms with Crippen LogP contribution in [0.25, 0.3) is 11.4 Å². The average molecular weight is 274 g/mol. The second-order valence-corrected chi connectivity index (χ2v) is 4.89. The first-order valence-electron chi connectivity index (χ1n) is 6.50. The van der Waals surface area contributed by atoms with Gasteiger partial charge in [0.15, 0.2) is 0 Å². The van der Waals surface area contributed by atoms with Crippen molar-refractivity contribution in [1.29, 1.82) is 0 Å². The van der Waals surface area contributed by atoms with Crippen molar-refractivity contribution in [1.82, 2.24) is 15.5 Å². The molecule has 0 unspecified atom stereocenters. The van der Waals surface area contributed by atoms with Crippen molar-refractivity contribution in [2.24, 2.45) is 5.92 Å². The number of rotatable bonds is 6. The molecule has 7 heteroatoms. The fourth-order valence-corrected chi connectivity index (χ4v) is 1.91. The van der Waals surface area contributed by atoms with Gasteiger partial charge in [0.1, 0.15) is 0 Å². The van der Waals surface area contributed by atoms with E-state index in [1.165, 1.54) is 25.0 Å². The predicted octanol–water partition coefficient (Wildman–Crippen LogP) is 2.14. The van der Waals surface area contributed by atoms with E-state index in [0.717, 1.165) is 12.5 Å². The van der Waals surface area contributed by atoms with Crippen LogP contribution >= 0.6 is 0 Å². The molecule has 20 heavy (non-hydrogen) atoms. The molecule has 1 saturated carbocycles. The molecule has 0 spiro atoms. The van der Waals surface area contributed by atoms with Crippen molar-refractivity contribution in [2.75, 3.05) is 6.54 Å². The van der Waals surface area contributed by atoms with E-state index >= 15 is 0 Å². The maximum Gasteiger partial charge on any atom is 0.270 e. The first-order chi connectivity index (χ1) is 9.72. The number of nitrogens with zero attached hydrogens (tertiary/aromatic N) is 3. The number of benzene rings is 1. The van der Waals surface area contributed by atoms with Gasteiger partial charge >= 0.3 is 0 Å². The number of hydrogen-bond donors (Lipinski definition) is 1. The summed E-state index contributed by atoms with van der Waals surface area (Å²) in [5.74, 6) is 1.65. The molecule has 3 rings (SSSR count). The van der Waals surface area contributed by atoms with Crippen LogP contribution in [0.1, 0.15) is 18.7 Å². The van der Waals surface area contributed by atoms with Crippen LogP contribution < -0.4 is 5.32 Å². The number of nitro groups is 1. The molecule has 0 aliphatic heterocycles. The van der Waals surface area contributed by atoms with E-state index in [0.29, 0.717) is 23.8 Å². The molecule has 0 saturated heterocycles. The van der Waals surface area contributed by atoms with Crippen LogP contribution in [-0.4, -0.2) is 21.6 Å². The van der Waals surface area contributed by atoms with Gasteiger partial charge in [0.25, 0.3) is 5.69 Å². The van der Waals surface area contributed by atoms with Gasteiger partial charge in [0.2, 0.25) is 11.7 Å². The first-order valence-corrected chi connectivity index (χ1v) is 6.50. The normalized spacial score (nSPS) is 14.4. The molecule has 0 atom stereocenters. The third kappa shape index (κ3) is 3.00. The zero-order valence-electron chi connectivity index (χ0n) is 10.8. The maximum absolute atomic E-state index is 10.7. The molecule has 0 bridgehead atoms. The van der Waals surface area contributed by atoms with Gasteiger partial charge in [-0.25, -0.2) is 0 Å². The smallest absolute Gasteiger partial charge is 0.270 e. The summed E-state index contributed by atoms with van der Waals surface area (Å²) in [7, 11) is 0. The Bertz CT molecular complexity index is 622. The minimum Gasteiger partial charge on any atom is -0.338 e. The quantitative estimate of drug-likeness (QED) is 0.640. The molecule has 1 fully saturated rings. The van der Waals surface area contributed by atoms with Crippen molar-refractivity contribution >= 4 is 5.69 Å². The standard InChI is InChI=1S/C13H14N4O3/c18-17(19)11-3-1-2-10(6-11)13-15-12(20-16-13)8-14-7-9-4-5-9/h1-3,6,9,14H,4-5,7-8H2. The fraction of sp³-hybridized carbons (Fsp3) is 0.385. The molecule has 104 valence electrons. The molecular formula is C13H14N4O3. The summed E-state index contributed by atoms with van der Waals surface area (Å²) in [6.45, 7) is 1.49. The summed E-state index contributed by atoms with van der Waals surface area (Å²) < 4.78 is 5.13. The Kier molecular flexibility index (Phi) is 3.42. The average Bonchev–Trinajstić information content (AvgIpc) is 3.15. The Balaban J connectivity index is 1.68. The second-order valence-electron chi connectivity index (χ2n) is 4.89. The molecule has 1 aliphatic carbocycles. The number of nitro benzene ring substituents is 1. The van der Waals surface area contributed by atoms with E-state index in [1.54, 1.807) is 12.1 Å². The number of hydrogen-bond acceptors (Lipinski definition) is 6. The van der Waals surface area contributed by atoms with E-state index in [9.17, 15) is 10.1 Å². The highest BCUT2D eigenvalue weighted by Gasteiger charge is 2.20. The van der Waals surface area contributed by atoms with Crippen LogP contribution in [0.15, 0.2) is 28.8 Å². The zero-order valence-corrected chi connectivity index (χ0v) is 10.8. The van der Waals surface area contributed by atoms with Gasteiger partial charge < -0.3 is 9.84 Å². The van der Waals surface area contributed by atoms with Crippen molar-refractivity contribution in [3.05, 3.63) is 40.3 Å². The molecule has 1 aliphatic rings. The van der Waals surface area contributed by atoms with E-state index in [2.05, 4.69) is 15.5 Å². The predicted molar refractivity (Wildman–Crippen MR) is 70.8 cm³/mol. The zero-order chi connectivity index (χ0) is 13.9. The highest BCUT2D eigenvalue weighted by Crippen LogP contribution is 2.27. The highest BCUT2D eigenvalue weighted by molar-refractivity contribution is 5.58. The van der Waals surface area contributed by atoms with Crippen molar-refractivity contribution in [3.8, 4) is 11.4 Å². The van der Waals surface area contributed by atoms with Crippen LogP contribution in [-0.2, 0) is 6.54 Å². The first kappa shape index (κ1) is 12.7. The van der Waals surface area contributed by atoms with E-state index in [4.69, 9.17) is 4.52 Å². The third-order valence-corrected chi connectivity index (χ3v) is 3.19. The topological polar surface area (TPSA) is 94.1 Å². The molecule has 1 N–H and O–H groups in total. The largest absolute Gasteiger partial charge is 0.338 e. The number of aromatic nitrogens is 2. The molecular weight excluding hydrogens is 260 g/mol. The SMILES string of the molecule is O=[N+]([O-])c1cccc(-c2noc(CNCC3CC3)n2)c1. The molecule has 0 amide bonds. The lowest BCUT2D eigenvalue weighted by molar-refractivity contribution is -0.384. The third-order valence-electron chi connectivity index (χ3n) is 3.19. The van der Waals surface area contributed by atoms with Crippen LogP contribution in [0.4, 0.5) is 5.69 Å². The van der Waals surface area contributed by atoms with Gasteiger partial charge in [0, 0.05) is 17.7 Å². The summed E-state index contributed by atoms with van der Waals surface area (Å²) in [5.41, 5.74) is 0.595. The second kappa shape index (κ2) is 5.38. The minimum atomic E-state index is -0.443. The van der Waals surface area contributed by atoms with Gasteiger partial charge in [-0.3, -0.25) is 10.1 Å². The van der Waals surface area contributed by atoms with Gasteiger partial charge in [0.05, 0.1) is 11.5 Å². The lowest BCUT2D eigenvalue weighted by Crippen LogP contribution is -2.16. The molecule has 1 aromatic heterocycles. The summed E-state index contributed by atoms with van der Waals surface area (Å²) in [6, 6.07) is 6.20. The van der Waals surface area contributed by atoms with Crippen molar-refractivity contribution in [3.63, 3.8) is 0 Å². The summed E-state index contributed by atoms with van der Waals surface area (Å²) >= 11 is 0. The van der Waals surface area contributed by atoms with Gasteiger partial charge in [-0.05, 0) is 25.3 Å². The van der Waals surface area contributed by atoms with E-state index in [1.807, 2.05) is 0 Å². The molecule has 1 heterocycles. The van der Waals surface area contributed by atoms with Crippen LogP contribution in [0.5, 0.6) is 0 Å². The molecule has 7 nitrogen and oxygen atoms in total. The fourth-order valence-electron chi connectivity index (χ4n) is 1.91. The minimum absolute atomic E-state index is 0.0145. The number of nitrogens with one attached hydrogen (secondary N) is 1.